The van der Waals surface area contributed by atoms with Crippen molar-refractivity contribution in [3.63, 3.8) is 0 Å². The molecule has 7 nitrogen and oxygen atoms in total. The zero-order chi connectivity index (χ0) is 16.4. The lowest BCUT2D eigenvalue weighted by atomic mass is 9.93. The molecule has 1 heterocycles. The molecule has 0 spiro atoms. The van der Waals surface area contributed by atoms with Crippen LogP contribution in [0.3, 0.4) is 0 Å². The van der Waals surface area contributed by atoms with Crippen LogP contribution in [-0.2, 0) is 22.6 Å². The van der Waals surface area contributed by atoms with Crippen molar-refractivity contribution in [3.05, 3.63) is 35.4 Å². The van der Waals surface area contributed by atoms with Gasteiger partial charge in [0, 0.05) is 12.6 Å². The van der Waals surface area contributed by atoms with Gasteiger partial charge in [-0.3, -0.25) is 19.8 Å². The Morgan fingerprint density at radius 2 is 1.87 bits per heavy atom. The number of amides is 4. The molecule has 0 radical (unpaired) electrons. The number of fused-ring (bicyclic) bond motifs is 1. The lowest BCUT2D eigenvalue weighted by Crippen LogP contribution is -2.53. The normalized spacial score (nSPS) is 20.4. The summed E-state index contributed by atoms with van der Waals surface area (Å²) in [7, 11) is 0. The average Bonchev–Trinajstić information content (AvgIpc) is 3.29. The first-order valence-corrected chi connectivity index (χ1v) is 7.73. The summed E-state index contributed by atoms with van der Waals surface area (Å²) in [6.07, 6.45) is 2.38. The lowest BCUT2D eigenvalue weighted by Gasteiger charge is -2.34. The molecule has 1 saturated carbocycles. The van der Waals surface area contributed by atoms with Crippen LogP contribution >= 0.6 is 0 Å². The number of primary amides is 1. The summed E-state index contributed by atoms with van der Waals surface area (Å²) in [5.41, 5.74) is 7.61. The second kappa shape index (κ2) is 6.37. The molecule has 0 aromatic heterocycles. The van der Waals surface area contributed by atoms with Crippen LogP contribution < -0.4 is 16.4 Å². The number of carbonyl (C=O) groups is 3. The third-order valence-corrected chi connectivity index (χ3v) is 4.19. The highest BCUT2D eigenvalue weighted by Gasteiger charge is 2.31. The van der Waals surface area contributed by atoms with Crippen LogP contribution in [0.1, 0.15) is 24.0 Å². The van der Waals surface area contributed by atoms with Crippen molar-refractivity contribution < 1.29 is 14.4 Å². The topological polar surface area (TPSA) is 105 Å². The van der Waals surface area contributed by atoms with E-state index in [2.05, 4.69) is 10.6 Å². The molecule has 0 bridgehead atoms. The van der Waals surface area contributed by atoms with Crippen LogP contribution in [0.4, 0.5) is 4.79 Å². The predicted octanol–water partition coefficient (Wildman–Crippen LogP) is -0.113. The van der Waals surface area contributed by atoms with Crippen LogP contribution in [0.25, 0.3) is 0 Å². The Bertz CT molecular complexity index is 642. The minimum absolute atomic E-state index is 0.0416. The summed E-state index contributed by atoms with van der Waals surface area (Å²) in [5, 5.41) is 4.99. The summed E-state index contributed by atoms with van der Waals surface area (Å²) >= 11 is 0. The van der Waals surface area contributed by atoms with E-state index in [0.29, 0.717) is 13.0 Å². The van der Waals surface area contributed by atoms with Gasteiger partial charge >= 0.3 is 6.03 Å². The Balaban J connectivity index is 1.63. The number of nitrogens with two attached hydrogens (primary N) is 1. The molecule has 1 atom stereocenters. The van der Waals surface area contributed by atoms with Gasteiger partial charge in [0.1, 0.15) is 0 Å². The monoisotopic (exact) mass is 316 g/mol. The fourth-order valence-electron chi connectivity index (χ4n) is 2.82. The zero-order valence-electron chi connectivity index (χ0n) is 12.7. The molecule has 7 heteroatoms. The standard InChI is InChI=1S/C16H20N4O3/c17-15(22)13-7-10-3-1-2-4-11(10)8-20(13)9-14(21)19-16(23)18-12-5-6-12/h1-4,12-13H,5-9H2,(H2,17,22)(H2,18,19,21,23). The number of rotatable bonds is 4. The summed E-state index contributed by atoms with van der Waals surface area (Å²) in [6.45, 7) is 0.418. The van der Waals surface area contributed by atoms with E-state index < -0.39 is 23.9 Å². The van der Waals surface area contributed by atoms with Gasteiger partial charge in [0.15, 0.2) is 0 Å². The first-order chi connectivity index (χ1) is 11.0. The van der Waals surface area contributed by atoms with Gasteiger partial charge in [-0.15, -0.1) is 0 Å². The average molecular weight is 316 g/mol. The van der Waals surface area contributed by atoms with E-state index in [0.717, 1.165) is 24.0 Å². The smallest absolute Gasteiger partial charge is 0.321 e. The van der Waals surface area contributed by atoms with E-state index in [1.807, 2.05) is 24.3 Å². The van der Waals surface area contributed by atoms with Crippen molar-refractivity contribution in [1.82, 2.24) is 15.5 Å². The molecule has 4 amide bonds. The third kappa shape index (κ3) is 3.87. The van der Waals surface area contributed by atoms with Gasteiger partial charge in [0.2, 0.25) is 11.8 Å². The van der Waals surface area contributed by atoms with E-state index in [-0.39, 0.29) is 12.6 Å². The minimum atomic E-state index is -0.540. The quantitative estimate of drug-likeness (QED) is 0.720. The van der Waals surface area contributed by atoms with Crippen molar-refractivity contribution in [2.45, 2.75) is 37.9 Å². The number of imide groups is 1. The third-order valence-electron chi connectivity index (χ3n) is 4.19. The summed E-state index contributed by atoms with van der Waals surface area (Å²) < 4.78 is 0. The molecular formula is C16H20N4O3. The van der Waals surface area contributed by atoms with Gasteiger partial charge in [0.05, 0.1) is 12.6 Å². The number of benzene rings is 1. The van der Waals surface area contributed by atoms with Gasteiger partial charge in [-0.25, -0.2) is 4.79 Å². The van der Waals surface area contributed by atoms with Gasteiger partial charge in [-0.05, 0) is 30.4 Å². The molecule has 1 fully saturated rings. The van der Waals surface area contributed by atoms with Crippen LogP contribution in [0.5, 0.6) is 0 Å². The molecule has 4 N–H and O–H groups in total. The maximum atomic E-state index is 12.0. The number of nitrogens with one attached hydrogen (secondary N) is 2. The van der Waals surface area contributed by atoms with E-state index in [4.69, 9.17) is 5.73 Å². The van der Waals surface area contributed by atoms with Gasteiger partial charge in [-0.2, -0.15) is 0 Å². The van der Waals surface area contributed by atoms with Gasteiger partial charge < -0.3 is 11.1 Å². The Labute approximate surface area is 134 Å². The Morgan fingerprint density at radius 3 is 2.52 bits per heavy atom. The van der Waals surface area contributed by atoms with Gasteiger partial charge in [0.25, 0.3) is 0 Å². The molecule has 1 aromatic rings. The van der Waals surface area contributed by atoms with E-state index in [1.165, 1.54) is 0 Å². The van der Waals surface area contributed by atoms with Crippen molar-refractivity contribution >= 4 is 17.8 Å². The largest absolute Gasteiger partial charge is 0.368 e. The zero-order valence-corrected chi connectivity index (χ0v) is 12.7. The van der Waals surface area contributed by atoms with Crippen molar-refractivity contribution in [2.24, 2.45) is 5.73 Å². The molecular weight excluding hydrogens is 296 g/mol. The molecule has 1 unspecified atom stereocenters. The second-order valence-corrected chi connectivity index (χ2v) is 6.09. The summed E-state index contributed by atoms with van der Waals surface area (Å²) in [5.74, 6) is -0.900. The highest BCUT2D eigenvalue weighted by molar-refractivity contribution is 5.95. The maximum Gasteiger partial charge on any atom is 0.321 e. The first kappa shape index (κ1) is 15.5. The molecule has 3 rings (SSSR count). The SMILES string of the molecule is NC(=O)C1Cc2ccccc2CN1CC(=O)NC(=O)NC1CC1. The number of hydrogen-bond donors (Lipinski definition) is 3. The van der Waals surface area contributed by atoms with Crippen molar-refractivity contribution in [3.8, 4) is 0 Å². The highest BCUT2D eigenvalue weighted by Crippen LogP contribution is 2.23. The van der Waals surface area contributed by atoms with Crippen molar-refractivity contribution in [2.75, 3.05) is 6.54 Å². The first-order valence-electron chi connectivity index (χ1n) is 7.73. The molecule has 1 aliphatic carbocycles. The summed E-state index contributed by atoms with van der Waals surface area (Å²) in [4.78, 5) is 37.1. The van der Waals surface area contributed by atoms with Crippen LogP contribution in [0, 0.1) is 0 Å². The Morgan fingerprint density at radius 1 is 1.17 bits per heavy atom. The number of carbonyl (C=O) groups excluding carboxylic acids is 3. The van der Waals surface area contributed by atoms with E-state index in [9.17, 15) is 14.4 Å². The number of hydrogen-bond acceptors (Lipinski definition) is 4. The van der Waals surface area contributed by atoms with Crippen LogP contribution in [-0.4, -0.2) is 41.4 Å². The fraction of sp³-hybridized carbons (Fsp3) is 0.438. The summed E-state index contributed by atoms with van der Waals surface area (Å²) in [6, 6.07) is 6.94. The Hall–Kier alpha value is -2.41. The molecule has 0 saturated heterocycles. The highest BCUT2D eigenvalue weighted by atomic mass is 16.2. The molecule has 23 heavy (non-hydrogen) atoms. The van der Waals surface area contributed by atoms with Crippen LogP contribution in [0.2, 0.25) is 0 Å². The van der Waals surface area contributed by atoms with Crippen molar-refractivity contribution in [1.29, 1.82) is 0 Å². The molecule has 1 aromatic carbocycles. The number of urea groups is 1. The molecule has 122 valence electrons. The van der Waals surface area contributed by atoms with E-state index in [1.54, 1.807) is 4.90 Å². The van der Waals surface area contributed by atoms with Crippen LogP contribution in [0.15, 0.2) is 24.3 Å². The van der Waals surface area contributed by atoms with E-state index >= 15 is 0 Å². The minimum Gasteiger partial charge on any atom is -0.368 e. The fourth-order valence-corrected chi connectivity index (χ4v) is 2.82. The predicted molar refractivity (Wildman–Crippen MR) is 83.2 cm³/mol. The molecule has 2 aliphatic rings. The van der Waals surface area contributed by atoms with Gasteiger partial charge in [-0.1, -0.05) is 24.3 Å². The maximum absolute atomic E-state index is 12.0. The lowest BCUT2D eigenvalue weighted by molar-refractivity contribution is -0.127. The molecule has 1 aliphatic heterocycles. The second-order valence-electron chi connectivity index (χ2n) is 6.09. The number of nitrogens with zero attached hydrogens (tertiary/aromatic N) is 1. The Kier molecular flexibility index (Phi) is 4.29.